The van der Waals surface area contributed by atoms with Gasteiger partial charge in [-0.2, -0.15) is 0 Å². The first kappa shape index (κ1) is 12.0. The minimum absolute atomic E-state index is 0.897. The summed E-state index contributed by atoms with van der Waals surface area (Å²) in [5, 5.41) is 0. The lowest BCUT2D eigenvalue weighted by molar-refractivity contribution is 0.503. The first-order valence-corrected chi connectivity index (χ1v) is 9.85. The van der Waals surface area contributed by atoms with Crippen LogP contribution >= 0.6 is 0 Å². The Kier molecular flexibility index (Phi) is 4.43. The fraction of sp³-hybridized carbons (Fsp3) is 0.846. The maximum atomic E-state index is 4.24. The second-order valence-corrected chi connectivity index (χ2v) is 11.7. The third-order valence-electron chi connectivity index (χ3n) is 3.16. The summed E-state index contributed by atoms with van der Waals surface area (Å²) in [6.07, 6.45) is 8.65. The van der Waals surface area contributed by atoms with Gasteiger partial charge in [0.05, 0.1) is 0 Å². The molecule has 0 aromatic rings. The predicted octanol–water partition coefficient (Wildman–Crippen LogP) is 4.85. The second-order valence-electron chi connectivity index (χ2n) is 6.18. The van der Waals surface area contributed by atoms with Crippen molar-refractivity contribution in [2.24, 2.45) is 5.92 Å². The second kappa shape index (κ2) is 5.15. The molecule has 0 amide bonds. The molecule has 82 valence electrons. The molecule has 1 heteroatoms. The topological polar surface area (TPSA) is 0 Å². The molecule has 0 atom stereocenters. The Balaban J connectivity index is 2.14. The standard InChI is InChI=1S/C13H26Si/c1-12(11-14(2,3)4)9-10-13-7-5-6-8-13/h13H,1,5-11H2,2-4H3. The summed E-state index contributed by atoms with van der Waals surface area (Å²) in [4.78, 5) is 0. The number of allylic oxidation sites excluding steroid dienone is 1. The minimum Gasteiger partial charge on any atom is -0.100 e. The van der Waals surface area contributed by atoms with E-state index in [0.29, 0.717) is 0 Å². The summed E-state index contributed by atoms with van der Waals surface area (Å²) in [5.74, 6) is 1.04. The zero-order valence-electron chi connectivity index (χ0n) is 10.2. The van der Waals surface area contributed by atoms with Crippen molar-refractivity contribution < 1.29 is 0 Å². The molecular formula is C13H26Si. The van der Waals surface area contributed by atoms with Gasteiger partial charge in [-0.15, -0.1) is 6.58 Å². The molecule has 0 aromatic heterocycles. The summed E-state index contributed by atoms with van der Waals surface area (Å²) in [6, 6.07) is 1.33. The van der Waals surface area contributed by atoms with Gasteiger partial charge in [-0.25, -0.2) is 0 Å². The van der Waals surface area contributed by atoms with Gasteiger partial charge in [-0.1, -0.05) is 50.9 Å². The monoisotopic (exact) mass is 210 g/mol. The molecule has 0 bridgehead atoms. The maximum absolute atomic E-state index is 4.24. The van der Waals surface area contributed by atoms with Crippen molar-refractivity contribution in [3.63, 3.8) is 0 Å². The molecule has 0 aromatic carbocycles. The van der Waals surface area contributed by atoms with Gasteiger partial charge < -0.3 is 0 Å². The molecule has 0 spiro atoms. The molecule has 1 aliphatic rings. The average Bonchev–Trinajstić information content (AvgIpc) is 2.49. The van der Waals surface area contributed by atoms with E-state index in [9.17, 15) is 0 Å². The Bertz CT molecular complexity index is 182. The molecular weight excluding hydrogens is 184 g/mol. The molecule has 0 aliphatic heterocycles. The van der Waals surface area contributed by atoms with Crippen LogP contribution in [0, 0.1) is 5.92 Å². The number of rotatable bonds is 5. The van der Waals surface area contributed by atoms with E-state index in [4.69, 9.17) is 0 Å². The number of hydrogen-bond acceptors (Lipinski definition) is 0. The normalized spacial score (nSPS) is 18.8. The van der Waals surface area contributed by atoms with Crippen LogP contribution in [0.15, 0.2) is 12.2 Å². The molecule has 0 radical (unpaired) electrons. The van der Waals surface area contributed by atoms with Gasteiger partial charge >= 0.3 is 0 Å². The Morgan fingerprint density at radius 1 is 1.21 bits per heavy atom. The van der Waals surface area contributed by atoms with Crippen molar-refractivity contribution in [2.45, 2.75) is 64.2 Å². The van der Waals surface area contributed by atoms with E-state index in [2.05, 4.69) is 26.2 Å². The highest BCUT2D eigenvalue weighted by atomic mass is 28.3. The van der Waals surface area contributed by atoms with E-state index in [1.54, 1.807) is 0 Å². The molecule has 1 fully saturated rings. The third kappa shape index (κ3) is 4.99. The van der Waals surface area contributed by atoms with Crippen molar-refractivity contribution in [3.8, 4) is 0 Å². The molecule has 14 heavy (non-hydrogen) atoms. The summed E-state index contributed by atoms with van der Waals surface area (Å²) in [7, 11) is -0.897. The highest BCUT2D eigenvalue weighted by molar-refractivity contribution is 6.76. The lowest BCUT2D eigenvalue weighted by Gasteiger charge is -2.18. The Morgan fingerprint density at radius 2 is 1.79 bits per heavy atom. The van der Waals surface area contributed by atoms with Gasteiger partial charge in [0.25, 0.3) is 0 Å². The zero-order chi connectivity index (χ0) is 10.6. The Morgan fingerprint density at radius 3 is 2.29 bits per heavy atom. The Labute approximate surface area is 90.8 Å². The van der Waals surface area contributed by atoms with Gasteiger partial charge in [0, 0.05) is 8.07 Å². The Hall–Kier alpha value is -0.0431. The first-order valence-electron chi connectivity index (χ1n) is 6.14. The summed E-state index contributed by atoms with van der Waals surface area (Å²) in [6.45, 7) is 11.6. The van der Waals surface area contributed by atoms with Crippen molar-refractivity contribution in [1.82, 2.24) is 0 Å². The summed E-state index contributed by atoms with van der Waals surface area (Å²) in [5.41, 5.74) is 1.52. The van der Waals surface area contributed by atoms with Crippen LogP contribution in [0.4, 0.5) is 0 Å². The molecule has 0 saturated heterocycles. The van der Waals surface area contributed by atoms with Crippen LogP contribution in [-0.4, -0.2) is 8.07 Å². The molecule has 1 aliphatic carbocycles. The van der Waals surface area contributed by atoms with Crippen molar-refractivity contribution in [2.75, 3.05) is 0 Å². The van der Waals surface area contributed by atoms with Gasteiger partial charge in [0.1, 0.15) is 0 Å². The van der Waals surface area contributed by atoms with E-state index in [-0.39, 0.29) is 0 Å². The summed E-state index contributed by atoms with van der Waals surface area (Å²) >= 11 is 0. The zero-order valence-corrected chi connectivity index (χ0v) is 11.2. The first-order chi connectivity index (χ1) is 6.47. The lowest BCUT2D eigenvalue weighted by atomic mass is 9.99. The van der Waals surface area contributed by atoms with Crippen molar-refractivity contribution in [3.05, 3.63) is 12.2 Å². The fourth-order valence-electron chi connectivity index (χ4n) is 2.55. The highest BCUT2D eigenvalue weighted by Gasteiger charge is 2.17. The minimum atomic E-state index is -0.897. The van der Waals surface area contributed by atoms with E-state index >= 15 is 0 Å². The summed E-state index contributed by atoms with van der Waals surface area (Å²) < 4.78 is 0. The van der Waals surface area contributed by atoms with Crippen molar-refractivity contribution >= 4 is 8.07 Å². The smallest absolute Gasteiger partial charge is 0.0483 e. The molecule has 0 nitrogen and oxygen atoms in total. The van der Waals surface area contributed by atoms with Gasteiger partial charge in [0.15, 0.2) is 0 Å². The van der Waals surface area contributed by atoms with Gasteiger partial charge in [-0.3, -0.25) is 0 Å². The van der Waals surface area contributed by atoms with Gasteiger partial charge in [0.2, 0.25) is 0 Å². The highest BCUT2D eigenvalue weighted by Crippen LogP contribution is 2.30. The molecule has 0 N–H and O–H groups in total. The maximum Gasteiger partial charge on any atom is 0.0483 e. The van der Waals surface area contributed by atoms with Crippen LogP contribution in [0.2, 0.25) is 25.7 Å². The SMILES string of the molecule is C=C(CCC1CCCC1)C[Si](C)(C)C. The quantitative estimate of drug-likeness (QED) is 0.449. The van der Waals surface area contributed by atoms with Crippen LogP contribution < -0.4 is 0 Å². The van der Waals surface area contributed by atoms with Crippen LogP contribution in [0.25, 0.3) is 0 Å². The third-order valence-corrected chi connectivity index (χ3v) is 4.72. The molecule has 0 heterocycles. The lowest BCUT2D eigenvalue weighted by Crippen LogP contribution is -2.19. The van der Waals surface area contributed by atoms with Crippen molar-refractivity contribution in [1.29, 1.82) is 0 Å². The average molecular weight is 210 g/mol. The van der Waals surface area contributed by atoms with Crippen LogP contribution in [-0.2, 0) is 0 Å². The van der Waals surface area contributed by atoms with E-state index in [0.717, 1.165) is 5.92 Å². The van der Waals surface area contributed by atoms with Crippen LogP contribution in [0.3, 0.4) is 0 Å². The fourth-order valence-corrected chi connectivity index (χ4v) is 4.22. The van der Waals surface area contributed by atoms with E-state index in [1.165, 1.54) is 50.1 Å². The predicted molar refractivity (Wildman–Crippen MR) is 68.5 cm³/mol. The molecule has 1 rings (SSSR count). The van der Waals surface area contributed by atoms with Crippen LogP contribution in [0.5, 0.6) is 0 Å². The molecule has 0 unspecified atom stereocenters. The molecule has 1 saturated carbocycles. The van der Waals surface area contributed by atoms with E-state index in [1.807, 2.05) is 0 Å². The van der Waals surface area contributed by atoms with E-state index < -0.39 is 8.07 Å². The largest absolute Gasteiger partial charge is 0.100 e. The van der Waals surface area contributed by atoms with Gasteiger partial charge in [-0.05, 0) is 24.8 Å². The van der Waals surface area contributed by atoms with Crippen LogP contribution in [0.1, 0.15) is 38.5 Å². The number of hydrogen-bond donors (Lipinski definition) is 0.